The van der Waals surface area contributed by atoms with Gasteiger partial charge in [0.05, 0.1) is 17.3 Å². The molecular formula is C25H38N4O4. The van der Waals surface area contributed by atoms with Gasteiger partial charge in [-0.2, -0.15) is 5.10 Å². The fraction of sp³-hybridized carbons (Fsp3) is 0.680. The number of nitrogens with one attached hydrogen (secondary N) is 1. The van der Waals surface area contributed by atoms with Crippen molar-refractivity contribution in [2.24, 2.45) is 5.92 Å². The van der Waals surface area contributed by atoms with Gasteiger partial charge in [0.2, 0.25) is 0 Å². The highest BCUT2D eigenvalue weighted by Crippen LogP contribution is 2.31. The number of likely N-dealkylation sites (tertiary alicyclic amines) is 1. The van der Waals surface area contributed by atoms with Crippen LogP contribution in [0.5, 0.6) is 0 Å². The first-order chi connectivity index (χ1) is 15.6. The Morgan fingerprint density at radius 1 is 1.18 bits per heavy atom. The van der Waals surface area contributed by atoms with Crippen LogP contribution in [0.25, 0.3) is 10.9 Å². The number of hydrogen-bond donors (Lipinski definition) is 3. The lowest BCUT2D eigenvalue weighted by atomic mass is 9.93. The molecule has 3 atom stereocenters. The summed E-state index contributed by atoms with van der Waals surface area (Å²) in [6, 6.07) is 6.07. The smallest absolute Gasteiger partial charge is 0.306 e. The molecule has 3 unspecified atom stereocenters. The molecule has 2 saturated heterocycles. The molecule has 0 aliphatic carbocycles. The Hall–Kier alpha value is -2.00. The van der Waals surface area contributed by atoms with E-state index in [0.717, 1.165) is 49.1 Å². The van der Waals surface area contributed by atoms with Crippen LogP contribution < -0.4 is 5.32 Å². The number of piperidine rings is 2. The summed E-state index contributed by atoms with van der Waals surface area (Å²) < 4.78 is 7.41. The average molecular weight is 459 g/mol. The second kappa shape index (κ2) is 9.70. The molecule has 8 heteroatoms. The number of fused-ring (bicyclic) bond motifs is 1. The van der Waals surface area contributed by atoms with Crippen molar-refractivity contribution in [2.75, 3.05) is 13.1 Å². The van der Waals surface area contributed by atoms with Crippen molar-refractivity contribution in [2.45, 2.75) is 90.4 Å². The van der Waals surface area contributed by atoms with Crippen LogP contribution >= 0.6 is 0 Å². The molecular weight excluding hydrogens is 420 g/mol. The van der Waals surface area contributed by atoms with E-state index in [1.807, 2.05) is 32.4 Å². The van der Waals surface area contributed by atoms with E-state index in [1.165, 1.54) is 5.56 Å². The van der Waals surface area contributed by atoms with Gasteiger partial charge < -0.3 is 14.9 Å². The summed E-state index contributed by atoms with van der Waals surface area (Å²) >= 11 is 0. The zero-order valence-corrected chi connectivity index (χ0v) is 20.3. The summed E-state index contributed by atoms with van der Waals surface area (Å²) in [5, 5.41) is 29.0. The number of hydrogen-bond acceptors (Lipinski definition) is 7. The Morgan fingerprint density at radius 3 is 2.58 bits per heavy atom. The maximum Gasteiger partial charge on any atom is 0.306 e. The number of esters is 1. The van der Waals surface area contributed by atoms with E-state index in [2.05, 4.69) is 28.4 Å². The normalized spacial score (nSPS) is 25.5. The molecule has 3 N–H and O–H groups in total. The Morgan fingerprint density at radius 2 is 1.91 bits per heavy atom. The molecule has 0 saturated carbocycles. The zero-order valence-electron chi connectivity index (χ0n) is 20.3. The molecule has 0 amide bonds. The van der Waals surface area contributed by atoms with Crippen LogP contribution in [-0.2, 0) is 16.1 Å². The highest BCUT2D eigenvalue weighted by Gasteiger charge is 2.31. The molecule has 1 aromatic heterocycles. The van der Waals surface area contributed by atoms with Gasteiger partial charge in [0.1, 0.15) is 18.1 Å². The average Bonchev–Trinajstić information content (AvgIpc) is 3.05. The van der Waals surface area contributed by atoms with Gasteiger partial charge in [0.25, 0.3) is 0 Å². The number of carbonyl (C=O) groups is 1. The van der Waals surface area contributed by atoms with Crippen molar-refractivity contribution in [1.82, 2.24) is 20.0 Å². The summed E-state index contributed by atoms with van der Waals surface area (Å²) in [7, 11) is 0. The Bertz CT molecular complexity index is 975. The highest BCUT2D eigenvalue weighted by molar-refractivity contribution is 5.85. The van der Waals surface area contributed by atoms with Crippen LogP contribution in [0, 0.1) is 12.8 Å². The number of nitrogens with zero attached hydrogens (tertiary/aromatic N) is 3. The van der Waals surface area contributed by atoms with Gasteiger partial charge in [-0.05, 0) is 84.0 Å². The minimum Gasteiger partial charge on any atom is -0.460 e. The predicted molar refractivity (Wildman–Crippen MR) is 126 cm³/mol. The molecule has 0 bridgehead atoms. The van der Waals surface area contributed by atoms with Crippen LogP contribution in [0.1, 0.15) is 70.2 Å². The van der Waals surface area contributed by atoms with Gasteiger partial charge in [-0.15, -0.1) is 0 Å². The quantitative estimate of drug-likeness (QED) is 0.593. The molecule has 4 rings (SSSR count). The van der Waals surface area contributed by atoms with Gasteiger partial charge >= 0.3 is 5.97 Å². The lowest BCUT2D eigenvalue weighted by Gasteiger charge is -2.33. The fourth-order valence-corrected chi connectivity index (χ4v) is 5.19. The summed E-state index contributed by atoms with van der Waals surface area (Å²) in [5.74, 6) is 0.285. The second-order valence-corrected chi connectivity index (χ2v) is 10.6. The number of aliphatic hydroxyl groups is 2. The van der Waals surface area contributed by atoms with Gasteiger partial charge in [-0.3, -0.25) is 19.7 Å². The van der Waals surface area contributed by atoms with Gasteiger partial charge in [0.15, 0.2) is 0 Å². The molecule has 0 radical (unpaired) electrons. The number of aryl methyl sites for hydroxylation is 1. The predicted octanol–water partition coefficient (Wildman–Crippen LogP) is 2.85. The van der Waals surface area contributed by atoms with Crippen molar-refractivity contribution in [3.8, 4) is 0 Å². The molecule has 33 heavy (non-hydrogen) atoms. The molecule has 2 fully saturated rings. The van der Waals surface area contributed by atoms with Crippen LogP contribution in [-0.4, -0.2) is 62.0 Å². The Labute approximate surface area is 195 Å². The summed E-state index contributed by atoms with van der Waals surface area (Å²) in [6.07, 6.45) is 2.24. The van der Waals surface area contributed by atoms with E-state index >= 15 is 0 Å². The van der Waals surface area contributed by atoms with Gasteiger partial charge in [-0.25, -0.2) is 0 Å². The number of rotatable bonds is 5. The van der Waals surface area contributed by atoms with Crippen LogP contribution in [0.3, 0.4) is 0 Å². The molecule has 2 aliphatic rings. The van der Waals surface area contributed by atoms with Crippen molar-refractivity contribution in [3.63, 3.8) is 0 Å². The lowest BCUT2D eigenvalue weighted by molar-refractivity contribution is -0.156. The SMILES string of the molecule is Cc1nn(C2CCC(O)NC2O)c2cccc(CN3CCC(CC(=O)OC(C)(C)C)CC3)c12. The molecule has 2 aliphatic heterocycles. The topological polar surface area (TPSA) is 99.9 Å². The van der Waals surface area contributed by atoms with Crippen LogP contribution in [0.15, 0.2) is 18.2 Å². The summed E-state index contributed by atoms with van der Waals surface area (Å²) in [6.45, 7) is 10.5. The number of aliphatic hydroxyl groups excluding tert-OH is 2. The van der Waals surface area contributed by atoms with Crippen molar-refractivity contribution in [1.29, 1.82) is 0 Å². The van der Waals surface area contributed by atoms with Crippen molar-refractivity contribution < 1.29 is 19.7 Å². The van der Waals surface area contributed by atoms with Gasteiger partial charge in [0, 0.05) is 18.4 Å². The third-order valence-corrected chi connectivity index (χ3v) is 6.75. The second-order valence-electron chi connectivity index (χ2n) is 10.6. The minimum atomic E-state index is -0.830. The highest BCUT2D eigenvalue weighted by atomic mass is 16.6. The third kappa shape index (κ3) is 5.74. The maximum atomic E-state index is 12.2. The zero-order chi connectivity index (χ0) is 23.8. The van der Waals surface area contributed by atoms with Gasteiger partial charge in [-0.1, -0.05) is 12.1 Å². The standard InChI is InChI=1S/C25H38N4O4/c1-16-23-18(15-28-12-10-17(11-13-28)14-22(31)33-25(2,3)4)6-5-7-19(23)29(27-16)20-8-9-21(30)26-24(20)32/h5-7,17,20-21,24,26,30,32H,8-15H2,1-4H3. The number of ether oxygens (including phenoxy) is 1. The fourth-order valence-electron chi connectivity index (χ4n) is 5.19. The summed E-state index contributed by atoms with van der Waals surface area (Å²) in [4.78, 5) is 14.6. The van der Waals surface area contributed by atoms with E-state index in [-0.39, 0.29) is 12.0 Å². The monoisotopic (exact) mass is 458 g/mol. The summed E-state index contributed by atoms with van der Waals surface area (Å²) in [5.41, 5.74) is 2.79. The lowest BCUT2D eigenvalue weighted by Crippen LogP contribution is -2.48. The first kappa shape index (κ1) is 24.1. The van der Waals surface area contributed by atoms with E-state index in [1.54, 1.807) is 0 Å². The molecule has 182 valence electrons. The number of aromatic nitrogens is 2. The first-order valence-corrected chi connectivity index (χ1v) is 12.1. The van der Waals surface area contributed by atoms with Crippen LogP contribution in [0.4, 0.5) is 0 Å². The Kier molecular flexibility index (Phi) is 7.09. The molecule has 8 nitrogen and oxygen atoms in total. The minimum absolute atomic E-state index is 0.0966. The van der Waals surface area contributed by atoms with E-state index in [4.69, 9.17) is 9.84 Å². The van der Waals surface area contributed by atoms with Crippen molar-refractivity contribution >= 4 is 16.9 Å². The molecule has 2 aromatic rings. The van der Waals surface area contributed by atoms with E-state index in [0.29, 0.717) is 25.2 Å². The molecule has 0 spiro atoms. The largest absolute Gasteiger partial charge is 0.460 e. The number of benzene rings is 1. The van der Waals surface area contributed by atoms with Crippen molar-refractivity contribution in [3.05, 3.63) is 29.5 Å². The maximum absolute atomic E-state index is 12.2. The Balaban J connectivity index is 1.42. The van der Waals surface area contributed by atoms with E-state index < -0.39 is 18.1 Å². The first-order valence-electron chi connectivity index (χ1n) is 12.1. The van der Waals surface area contributed by atoms with E-state index in [9.17, 15) is 15.0 Å². The molecule has 1 aromatic carbocycles. The number of carbonyl (C=O) groups excluding carboxylic acids is 1. The van der Waals surface area contributed by atoms with Crippen LogP contribution in [0.2, 0.25) is 0 Å². The molecule has 3 heterocycles. The third-order valence-electron chi connectivity index (χ3n) is 6.75.